The monoisotopic (exact) mass is 369 g/mol. The van der Waals surface area contributed by atoms with Gasteiger partial charge in [-0.05, 0) is 48.7 Å². The third-order valence-electron chi connectivity index (χ3n) is 4.53. The molecular weight excluding hydrogens is 350 g/mol. The van der Waals surface area contributed by atoms with Crippen LogP contribution in [0, 0.1) is 0 Å². The van der Waals surface area contributed by atoms with Gasteiger partial charge in [0, 0.05) is 5.02 Å². The first kappa shape index (κ1) is 16.7. The standard InChI is InChI=1S/C19H20ClN5O/c1-2-26-15-8-6-12(7-9-15)16-11-17(13-4-3-5-14(20)10-13)25-19(22-16)23-18(21)24-25/h3-10,16-17H,2,11H2,1H3,(H3,21,22,23,24)/t16-,17+/m1/s1. The molecule has 0 saturated heterocycles. The van der Waals surface area contributed by atoms with Crippen LogP contribution in [0.5, 0.6) is 5.75 Å². The van der Waals surface area contributed by atoms with Gasteiger partial charge in [0.05, 0.1) is 18.7 Å². The molecular formula is C19H20ClN5O. The lowest BCUT2D eigenvalue weighted by Crippen LogP contribution is -2.28. The Hall–Kier alpha value is -2.73. The smallest absolute Gasteiger partial charge is 0.241 e. The van der Waals surface area contributed by atoms with E-state index in [-0.39, 0.29) is 18.0 Å². The highest BCUT2D eigenvalue weighted by Gasteiger charge is 2.30. The average Bonchev–Trinajstić information content (AvgIpc) is 3.02. The number of benzene rings is 2. The molecule has 0 bridgehead atoms. The quantitative estimate of drug-likeness (QED) is 0.725. The van der Waals surface area contributed by atoms with E-state index in [1.165, 1.54) is 0 Å². The molecule has 0 aliphatic carbocycles. The van der Waals surface area contributed by atoms with E-state index in [2.05, 4.69) is 33.6 Å². The zero-order valence-electron chi connectivity index (χ0n) is 14.4. The molecule has 0 fully saturated rings. The number of anilines is 2. The topological polar surface area (TPSA) is 78.0 Å². The Morgan fingerprint density at radius 3 is 2.77 bits per heavy atom. The van der Waals surface area contributed by atoms with E-state index in [4.69, 9.17) is 22.1 Å². The lowest BCUT2D eigenvalue weighted by molar-refractivity contribution is 0.340. The minimum absolute atomic E-state index is 0.00585. The summed E-state index contributed by atoms with van der Waals surface area (Å²) < 4.78 is 7.37. The minimum atomic E-state index is 0.00585. The highest BCUT2D eigenvalue weighted by molar-refractivity contribution is 6.30. The van der Waals surface area contributed by atoms with Crippen molar-refractivity contribution in [2.75, 3.05) is 17.7 Å². The number of rotatable bonds is 4. The summed E-state index contributed by atoms with van der Waals surface area (Å²) in [6.07, 6.45) is 0.810. The minimum Gasteiger partial charge on any atom is -0.494 e. The maximum absolute atomic E-state index is 6.20. The number of nitrogens with two attached hydrogens (primary N) is 1. The van der Waals surface area contributed by atoms with Crippen LogP contribution in [0.4, 0.5) is 11.9 Å². The van der Waals surface area contributed by atoms with E-state index in [0.717, 1.165) is 23.3 Å². The number of nitrogens with one attached hydrogen (secondary N) is 1. The summed E-state index contributed by atoms with van der Waals surface area (Å²) in [5.74, 6) is 1.79. The Bertz CT molecular complexity index is 909. The molecule has 0 saturated carbocycles. The Labute approximate surface area is 156 Å². The van der Waals surface area contributed by atoms with Crippen LogP contribution in [0.3, 0.4) is 0 Å². The summed E-state index contributed by atoms with van der Waals surface area (Å²) >= 11 is 6.20. The molecule has 0 radical (unpaired) electrons. The summed E-state index contributed by atoms with van der Waals surface area (Å²) in [5.41, 5.74) is 8.09. The second-order valence-electron chi connectivity index (χ2n) is 6.24. The Morgan fingerprint density at radius 1 is 1.23 bits per heavy atom. The van der Waals surface area contributed by atoms with E-state index >= 15 is 0 Å². The largest absolute Gasteiger partial charge is 0.494 e. The van der Waals surface area contributed by atoms with Crippen LogP contribution >= 0.6 is 11.6 Å². The van der Waals surface area contributed by atoms with Crippen molar-refractivity contribution in [3.63, 3.8) is 0 Å². The second-order valence-corrected chi connectivity index (χ2v) is 6.68. The van der Waals surface area contributed by atoms with E-state index in [1.54, 1.807) is 0 Å². The number of aromatic nitrogens is 3. The van der Waals surface area contributed by atoms with E-state index in [9.17, 15) is 0 Å². The highest BCUT2D eigenvalue weighted by atomic mass is 35.5. The highest BCUT2D eigenvalue weighted by Crippen LogP contribution is 2.38. The third-order valence-corrected chi connectivity index (χ3v) is 4.77. The first-order chi connectivity index (χ1) is 12.6. The van der Waals surface area contributed by atoms with Crippen molar-refractivity contribution >= 4 is 23.5 Å². The number of fused-ring (bicyclic) bond motifs is 1. The molecule has 2 heterocycles. The number of hydrogen-bond donors (Lipinski definition) is 2. The van der Waals surface area contributed by atoms with Gasteiger partial charge >= 0.3 is 0 Å². The summed E-state index contributed by atoms with van der Waals surface area (Å²) in [4.78, 5) is 4.33. The second kappa shape index (κ2) is 6.88. The van der Waals surface area contributed by atoms with Crippen molar-refractivity contribution < 1.29 is 4.74 Å². The lowest BCUT2D eigenvalue weighted by Gasteiger charge is -2.31. The fraction of sp³-hybridized carbons (Fsp3) is 0.263. The van der Waals surface area contributed by atoms with Crippen molar-refractivity contribution in [1.82, 2.24) is 14.8 Å². The zero-order valence-corrected chi connectivity index (χ0v) is 15.1. The van der Waals surface area contributed by atoms with Gasteiger partial charge in [-0.2, -0.15) is 4.98 Å². The number of hydrogen-bond acceptors (Lipinski definition) is 5. The first-order valence-corrected chi connectivity index (χ1v) is 8.98. The molecule has 134 valence electrons. The maximum Gasteiger partial charge on any atom is 0.241 e. The predicted molar refractivity (Wildman–Crippen MR) is 103 cm³/mol. The van der Waals surface area contributed by atoms with Crippen LogP contribution in [0.2, 0.25) is 5.02 Å². The molecule has 6 nitrogen and oxygen atoms in total. The van der Waals surface area contributed by atoms with Crippen LogP contribution in [0.15, 0.2) is 48.5 Å². The van der Waals surface area contributed by atoms with Gasteiger partial charge < -0.3 is 15.8 Å². The van der Waals surface area contributed by atoms with Crippen LogP contribution < -0.4 is 15.8 Å². The van der Waals surface area contributed by atoms with Crippen molar-refractivity contribution in [2.24, 2.45) is 0 Å². The van der Waals surface area contributed by atoms with E-state index in [0.29, 0.717) is 17.6 Å². The average molecular weight is 370 g/mol. The van der Waals surface area contributed by atoms with Gasteiger partial charge in [-0.3, -0.25) is 0 Å². The van der Waals surface area contributed by atoms with Crippen molar-refractivity contribution in [3.05, 3.63) is 64.7 Å². The number of ether oxygens (including phenoxy) is 1. The first-order valence-electron chi connectivity index (χ1n) is 8.61. The molecule has 3 aromatic rings. The van der Waals surface area contributed by atoms with Gasteiger partial charge in [0.25, 0.3) is 0 Å². The normalized spacial score (nSPS) is 18.8. The van der Waals surface area contributed by atoms with Crippen LogP contribution in [0.25, 0.3) is 0 Å². The van der Waals surface area contributed by atoms with Gasteiger partial charge in [0.1, 0.15) is 5.75 Å². The summed E-state index contributed by atoms with van der Waals surface area (Å²) in [6.45, 7) is 2.63. The number of nitrogens with zero attached hydrogens (tertiary/aromatic N) is 3. The molecule has 1 aliphatic heterocycles. The molecule has 1 aliphatic rings. The molecule has 2 aromatic carbocycles. The molecule has 4 rings (SSSR count). The SMILES string of the molecule is CCOc1ccc([C@H]2C[C@@H](c3cccc(Cl)c3)n3nc(N)nc3N2)cc1. The van der Waals surface area contributed by atoms with Crippen LogP contribution in [-0.4, -0.2) is 21.4 Å². The van der Waals surface area contributed by atoms with Gasteiger partial charge in [-0.15, -0.1) is 5.10 Å². The van der Waals surface area contributed by atoms with Crippen LogP contribution in [-0.2, 0) is 0 Å². The van der Waals surface area contributed by atoms with Gasteiger partial charge in [-0.25, -0.2) is 4.68 Å². The summed E-state index contributed by atoms with van der Waals surface area (Å²) in [5, 5.41) is 8.50. The maximum atomic E-state index is 6.20. The lowest BCUT2D eigenvalue weighted by atomic mass is 9.93. The Morgan fingerprint density at radius 2 is 2.04 bits per heavy atom. The van der Waals surface area contributed by atoms with E-state index < -0.39 is 0 Å². The molecule has 3 N–H and O–H groups in total. The van der Waals surface area contributed by atoms with Gasteiger partial charge in [0.15, 0.2) is 0 Å². The third kappa shape index (κ3) is 3.20. The summed E-state index contributed by atoms with van der Waals surface area (Å²) in [7, 11) is 0. The molecule has 0 unspecified atom stereocenters. The molecule has 0 amide bonds. The number of nitrogen functional groups attached to an aromatic ring is 1. The molecule has 2 atom stereocenters. The van der Waals surface area contributed by atoms with Gasteiger partial charge in [-0.1, -0.05) is 35.9 Å². The van der Waals surface area contributed by atoms with Crippen molar-refractivity contribution in [1.29, 1.82) is 0 Å². The summed E-state index contributed by atoms with van der Waals surface area (Å²) in [6, 6.07) is 16.1. The van der Waals surface area contributed by atoms with E-state index in [1.807, 2.05) is 41.9 Å². The number of halogens is 1. The predicted octanol–water partition coefficient (Wildman–Crippen LogP) is 4.06. The fourth-order valence-electron chi connectivity index (χ4n) is 3.37. The fourth-order valence-corrected chi connectivity index (χ4v) is 3.57. The molecule has 7 heteroatoms. The Balaban J connectivity index is 1.69. The molecule has 26 heavy (non-hydrogen) atoms. The molecule has 0 spiro atoms. The zero-order chi connectivity index (χ0) is 18.1. The van der Waals surface area contributed by atoms with Crippen molar-refractivity contribution in [2.45, 2.75) is 25.4 Å². The molecule has 1 aromatic heterocycles. The Kier molecular flexibility index (Phi) is 4.42. The van der Waals surface area contributed by atoms with Crippen molar-refractivity contribution in [3.8, 4) is 5.75 Å². The van der Waals surface area contributed by atoms with Crippen LogP contribution in [0.1, 0.15) is 36.6 Å². The van der Waals surface area contributed by atoms with Gasteiger partial charge in [0.2, 0.25) is 11.9 Å².